The molecule has 0 aromatic heterocycles. The molecule has 0 fully saturated rings. The molecule has 0 aliphatic rings. The fraction of sp³-hybridized carbons (Fsp3) is 0.286. The number of unbranched alkanes of at least 4 members (excludes halogenated alkanes) is 1. The lowest BCUT2D eigenvalue weighted by Crippen LogP contribution is -2.51. The zero-order valence-corrected chi connectivity index (χ0v) is 21.8. The molecule has 3 aromatic carbocycles. The van der Waals surface area contributed by atoms with Gasteiger partial charge in [0.2, 0.25) is 11.8 Å². The van der Waals surface area contributed by atoms with Crippen LogP contribution in [-0.2, 0) is 29.0 Å². The maximum absolute atomic E-state index is 13.7. The van der Waals surface area contributed by atoms with Crippen LogP contribution in [0.3, 0.4) is 0 Å². The smallest absolute Gasteiger partial charge is 0.273 e. The zero-order valence-electron chi connectivity index (χ0n) is 20.2. The third-order valence-corrected chi connectivity index (χ3v) is 6.43. The fourth-order valence-electron chi connectivity index (χ4n) is 3.95. The van der Waals surface area contributed by atoms with Crippen LogP contribution in [-0.4, -0.2) is 34.2 Å². The Morgan fingerprint density at radius 1 is 0.972 bits per heavy atom. The number of para-hydroxylation sites is 1. The van der Waals surface area contributed by atoms with Crippen LogP contribution >= 0.6 is 15.9 Å². The van der Waals surface area contributed by atoms with E-state index in [9.17, 15) is 19.7 Å². The van der Waals surface area contributed by atoms with Crippen LogP contribution in [0, 0.1) is 10.1 Å². The summed E-state index contributed by atoms with van der Waals surface area (Å²) in [5.41, 5.74) is 1.99. The molecule has 0 spiro atoms. The largest absolute Gasteiger partial charge is 0.354 e. The van der Waals surface area contributed by atoms with Crippen molar-refractivity contribution >= 4 is 33.4 Å². The Kier molecular flexibility index (Phi) is 10.2. The van der Waals surface area contributed by atoms with Crippen LogP contribution in [0.2, 0.25) is 0 Å². The van der Waals surface area contributed by atoms with Gasteiger partial charge in [0.25, 0.3) is 5.69 Å². The Bertz CT molecular complexity index is 1170. The number of rotatable bonds is 12. The van der Waals surface area contributed by atoms with E-state index in [0.29, 0.717) is 18.5 Å². The Balaban J connectivity index is 1.98. The number of benzene rings is 3. The van der Waals surface area contributed by atoms with E-state index < -0.39 is 11.0 Å². The van der Waals surface area contributed by atoms with Crippen molar-refractivity contribution in [3.05, 3.63) is 110 Å². The Morgan fingerprint density at radius 2 is 1.64 bits per heavy atom. The predicted molar refractivity (Wildman–Crippen MR) is 143 cm³/mol. The van der Waals surface area contributed by atoms with E-state index in [-0.39, 0.29) is 30.5 Å². The molecule has 0 saturated carbocycles. The molecule has 0 radical (unpaired) electrons. The van der Waals surface area contributed by atoms with Crippen LogP contribution in [0.1, 0.15) is 36.5 Å². The van der Waals surface area contributed by atoms with Gasteiger partial charge in [-0.05, 0) is 29.7 Å². The van der Waals surface area contributed by atoms with E-state index in [1.807, 2.05) is 61.5 Å². The van der Waals surface area contributed by atoms with E-state index in [1.54, 1.807) is 23.1 Å². The second-order valence-corrected chi connectivity index (χ2v) is 9.48. The van der Waals surface area contributed by atoms with Gasteiger partial charge in [-0.2, -0.15) is 0 Å². The minimum absolute atomic E-state index is 0.110. The van der Waals surface area contributed by atoms with Crippen molar-refractivity contribution in [1.29, 1.82) is 0 Å². The van der Waals surface area contributed by atoms with Crippen molar-refractivity contribution < 1.29 is 14.5 Å². The molecular formula is C28H30BrN3O4. The number of halogens is 1. The van der Waals surface area contributed by atoms with Gasteiger partial charge in [0.1, 0.15) is 6.04 Å². The molecule has 0 aliphatic carbocycles. The first kappa shape index (κ1) is 27.1. The topological polar surface area (TPSA) is 92.6 Å². The highest BCUT2D eigenvalue weighted by Crippen LogP contribution is 2.22. The highest BCUT2D eigenvalue weighted by Gasteiger charge is 2.31. The SMILES string of the molecule is CCCCNC(=O)[C@H](Cc1ccccc1)N(Cc1ccc(Br)cc1)C(=O)Cc1ccccc1[N+](=O)[O-]. The van der Waals surface area contributed by atoms with E-state index >= 15 is 0 Å². The van der Waals surface area contributed by atoms with Crippen LogP contribution < -0.4 is 5.32 Å². The standard InChI is InChI=1S/C28H30BrN3O4/c1-2-3-17-30-28(34)26(18-21-9-5-4-6-10-21)31(20-22-13-15-24(29)16-14-22)27(33)19-23-11-7-8-12-25(23)32(35)36/h4-16,26H,2-3,17-20H2,1H3,(H,30,34)/t26-/m0/s1. The second-order valence-electron chi connectivity index (χ2n) is 8.56. The number of carbonyl (C=O) groups is 2. The van der Waals surface area contributed by atoms with Gasteiger partial charge in [-0.25, -0.2) is 0 Å². The molecule has 36 heavy (non-hydrogen) atoms. The predicted octanol–water partition coefficient (Wildman–Crippen LogP) is 5.46. The number of amides is 2. The van der Waals surface area contributed by atoms with E-state index in [2.05, 4.69) is 21.2 Å². The molecule has 0 bridgehead atoms. The summed E-state index contributed by atoms with van der Waals surface area (Å²) in [5, 5.41) is 14.5. The molecule has 1 N–H and O–H groups in total. The third kappa shape index (κ3) is 7.75. The van der Waals surface area contributed by atoms with Crippen LogP contribution in [0.5, 0.6) is 0 Å². The average Bonchev–Trinajstić information content (AvgIpc) is 2.88. The monoisotopic (exact) mass is 551 g/mol. The molecule has 8 heteroatoms. The first-order valence-electron chi connectivity index (χ1n) is 12.0. The molecule has 7 nitrogen and oxygen atoms in total. The Labute approximate surface area is 219 Å². The normalized spacial score (nSPS) is 11.5. The van der Waals surface area contributed by atoms with Gasteiger partial charge in [0.05, 0.1) is 11.3 Å². The van der Waals surface area contributed by atoms with Crippen molar-refractivity contribution in [1.82, 2.24) is 10.2 Å². The minimum atomic E-state index is -0.775. The van der Waals surface area contributed by atoms with Crippen molar-refractivity contribution in [3.8, 4) is 0 Å². The number of nitro groups is 1. The summed E-state index contributed by atoms with van der Waals surface area (Å²) in [4.78, 5) is 39.8. The lowest BCUT2D eigenvalue weighted by Gasteiger charge is -2.31. The number of carbonyl (C=O) groups excluding carboxylic acids is 2. The summed E-state index contributed by atoms with van der Waals surface area (Å²) in [5.74, 6) is -0.584. The zero-order chi connectivity index (χ0) is 25.9. The highest BCUT2D eigenvalue weighted by atomic mass is 79.9. The molecule has 3 rings (SSSR count). The lowest BCUT2D eigenvalue weighted by molar-refractivity contribution is -0.385. The molecule has 2 amide bonds. The maximum Gasteiger partial charge on any atom is 0.273 e. The molecule has 3 aromatic rings. The number of hydrogen-bond donors (Lipinski definition) is 1. The summed E-state index contributed by atoms with van der Waals surface area (Å²) in [6.45, 7) is 2.76. The highest BCUT2D eigenvalue weighted by molar-refractivity contribution is 9.10. The number of nitro benzene ring substituents is 1. The quantitative estimate of drug-likeness (QED) is 0.184. The minimum Gasteiger partial charge on any atom is -0.354 e. The maximum atomic E-state index is 13.7. The molecule has 0 saturated heterocycles. The molecule has 0 unspecified atom stereocenters. The summed E-state index contributed by atoms with van der Waals surface area (Å²) in [6, 6.07) is 22.6. The van der Waals surface area contributed by atoms with Crippen LogP contribution in [0.4, 0.5) is 5.69 Å². The summed E-state index contributed by atoms with van der Waals surface area (Å²) in [7, 11) is 0. The van der Waals surface area contributed by atoms with Gasteiger partial charge < -0.3 is 10.2 Å². The number of hydrogen-bond acceptors (Lipinski definition) is 4. The third-order valence-electron chi connectivity index (χ3n) is 5.90. The fourth-order valence-corrected chi connectivity index (χ4v) is 4.21. The van der Waals surface area contributed by atoms with Crippen molar-refractivity contribution in [2.24, 2.45) is 0 Å². The molecule has 0 heterocycles. The van der Waals surface area contributed by atoms with Crippen LogP contribution in [0.15, 0.2) is 83.3 Å². The van der Waals surface area contributed by atoms with Crippen molar-refractivity contribution in [3.63, 3.8) is 0 Å². The second kappa shape index (κ2) is 13.5. The van der Waals surface area contributed by atoms with Crippen molar-refractivity contribution in [2.75, 3.05) is 6.54 Å². The van der Waals surface area contributed by atoms with Gasteiger partial charge in [0, 0.05) is 35.6 Å². The van der Waals surface area contributed by atoms with Gasteiger partial charge in [-0.3, -0.25) is 19.7 Å². The number of nitrogens with one attached hydrogen (secondary N) is 1. The summed E-state index contributed by atoms with van der Waals surface area (Å²) >= 11 is 3.43. The van der Waals surface area contributed by atoms with Gasteiger partial charge in [-0.15, -0.1) is 0 Å². The average molecular weight is 552 g/mol. The molecule has 1 atom stereocenters. The Morgan fingerprint density at radius 3 is 2.31 bits per heavy atom. The Hall–Kier alpha value is -3.52. The lowest BCUT2D eigenvalue weighted by atomic mass is 10.0. The molecular weight excluding hydrogens is 522 g/mol. The van der Waals surface area contributed by atoms with Gasteiger partial charge in [0.15, 0.2) is 0 Å². The van der Waals surface area contributed by atoms with Crippen molar-refractivity contribution in [2.45, 2.75) is 45.2 Å². The van der Waals surface area contributed by atoms with Gasteiger partial charge in [-0.1, -0.05) is 89.9 Å². The molecule has 188 valence electrons. The van der Waals surface area contributed by atoms with E-state index in [4.69, 9.17) is 0 Å². The van der Waals surface area contributed by atoms with E-state index in [0.717, 1.165) is 28.4 Å². The number of nitrogens with zero attached hydrogens (tertiary/aromatic N) is 2. The van der Waals surface area contributed by atoms with E-state index in [1.165, 1.54) is 6.07 Å². The summed E-state index contributed by atoms with van der Waals surface area (Å²) in [6.07, 6.45) is 1.92. The first-order chi connectivity index (χ1) is 17.4. The van der Waals surface area contributed by atoms with Crippen LogP contribution in [0.25, 0.3) is 0 Å². The van der Waals surface area contributed by atoms with Gasteiger partial charge >= 0.3 is 0 Å². The first-order valence-corrected chi connectivity index (χ1v) is 12.8. The summed E-state index contributed by atoms with van der Waals surface area (Å²) < 4.78 is 0.905. The molecule has 0 aliphatic heterocycles.